The number of hydrogen-bond acceptors (Lipinski definition) is 5. The van der Waals surface area contributed by atoms with E-state index in [1.807, 2.05) is 31.2 Å². The monoisotopic (exact) mass is 339 g/mol. The fourth-order valence-corrected chi connectivity index (χ4v) is 3.06. The van der Waals surface area contributed by atoms with Crippen LogP contribution in [0.4, 0.5) is 0 Å². The van der Waals surface area contributed by atoms with Gasteiger partial charge in [0.1, 0.15) is 11.3 Å². The van der Waals surface area contributed by atoms with Crippen molar-refractivity contribution < 1.29 is 24.2 Å². The van der Waals surface area contributed by atoms with Gasteiger partial charge in [0, 0.05) is 31.0 Å². The Morgan fingerprint density at radius 3 is 2.52 bits per heavy atom. The largest absolute Gasteiger partial charge is 0.494 e. The Bertz CT molecular complexity index is 540. The third-order valence-corrected chi connectivity index (χ3v) is 4.65. The van der Waals surface area contributed by atoms with E-state index in [9.17, 15) is 14.7 Å². The number of carbonyl (C=O) groups is 2. The molecule has 0 spiro atoms. The molecular formula is C16H21NO5S. The summed E-state index contributed by atoms with van der Waals surface area (Å²) in [6.07, 6.45) is 0.587. The van der Waals surface area contributed by atoms with Gasteiger partial charge in [-0.1, -0.05) is 0 Å². The number of carboxylic acids is 1. The maximum absolute atomic E-state index is 12.1. The maximum Gasteiger partial charge on any atom is 0.329 e. The van der Waals surface area contributed by atoms with Crippen molar-refractivity contribution in [2.75, 3.05) is 25.6 Å². The van der Waals surface area contributed by atoms with Gasteiger partial charge in [-0.15, -0.1) is 11.8 Å². The quantitative estimate of drug-likeness (QED) is 0.739. The Morgan fingerprint density at radius 2 is 1.96 bits per heavy atom. The van der Waals surface area contributed by atoms with Crippen LogP contribution in [0, 0.1) is 0 Å². The molecule has 1 aromatic carbocycles. The van der Waals surface area contributed by atoms with Crippen LogP contribution in [0.5, 0.6) is 5.75 Å². The second-order valence-corrected chi connectivity index (χ2v) is 6.29. The number of aliphatic carboxylic acids is 1. The number of carbonyl (C=O) groups excluding carboxylic acids is 1. The number of thioether (sulfide) groups is 1. The minimum Gasteiger partial charge on any atom is -0.494 e. The molecule has 2 N–H and O–H groups in total. The minimum atomic E-state index is -1.20. The summed E-state index contributed by atoms with van der Waals surface area (Å²) in [7, 11) is 0. The second kappa shape index (κ2) is 8.21. The molecule has 1 amide bonds. The highest BCUT2D eigenvalue weighted by atomic mass is 32.2. The molecule has 126 valence electrons. The van der Waals surface area contributed by atoms with E-state index in [0.29, 0.717) is 32.7 Å². The number of rotatable bonds is 7. The number of benzene rings is 1. The van der Waals surface area contributed by atoms with Crippen molar-refractivity contribution in [3.05, 3.63) is 24.3 Å². The first-order chi connectivity index (χ1) is 11.1. The molecule has 1 heterocycles. The highest BCUT2D eigenvalue weighted by molar-refractivity contribution is 8.00. The average Bonchev–Trinajstić information content (AvgIpc) is 2.55. The lowest BCUT2D eigenvalue weighted by Gasteiger charge is -2.33. The maximum atomic E-state index is 12.1. The van der Waals surface area contributed by atoms with Gasteiger partial charge < -0.3 is 19.9 Å². The standard InChI is InChI=1S/C16H21NO5S/c1-2-22-12-3-5-13(6-4-12)23-11-14(18)17-16(15(19)20)7-9-21-10-8-16/h3-6H,2,7-11H2,1H3,(H,17,18)(H,19,20). The molecule has 0 bridgehead atoms. The summed E-state index contributed by atoms with van der Waals surface area (Å²) in [4.78, 5) is 24.5. The lowest BCUT2D eigenvalue weighted by Crippen LogP contribution is -2.57. The number of ether oxygens (including phenoxy) is 2. The van der Waals surface area contributed by atoms with E-state index in [1.165, 1.54) is 11.8 Å². The normalized spacial score (nSPS) is 16.6. The van der Waals surface area contributed by atoms with Crippen LogP contribution in [0.2, 0.25) is 0 Å². The van der Waals surface area contributed by atoms with E-state index in [4.69, 9.17) is 9.47 Å². The molecule has 0 aromatic heterocycles. The van der Waals surface area contributed by atoms with Crippen molar-refractivity contribution in [1.82, 2.24) is 5.32 Å². The van der Waals surface area contributed by atoms with Crippen molar-refractivity contribution in [3.63, 3.8) is 0 Å². The first-order valence-corrected chi connectivity index (χ1v) is 8.52. The molecule has 0 saturated carbocycles. The van der Waals surface area contributed by atoms with Crippen LogP contribution < -0.4 is 10.1 Å². The van der Waals surface area contributed by atoms with Crippen molar-refractivity contribution in [3.8, 4) is 5.75 Å². The van der Waals surface area contributed by atoms with Gasteiger partial charge in [-0.2, -0.15) is 0 Å². The van der Waals surface area contributed by atoms with E-state index in [0.717, 1.165) is 10.6 Å². The Hall–Kier alpha value is -1.73. The molecule has 6 nitrogen and oxygen atoms in total. The zero-order valence-corrected chi connectivity index (χ0v) is 13.9. The first-order valence-electron chi connectivity index (χ1n) is 7.53. The smallest absolute Gasteiger partial charge is 0.329 e. The van der Waals surface area contributed by atoms with Crippen molar-refractivity contribution in [1.29, 1.82) is 0 Å². The van der Waals surface area contributed by atoms with E-state index in [-0.39, 0.29) is 11.7 Å². The van der Waals surface area contributed by atoms with Crippen LogP contribution in [0.15, 0.2) is 29.2 Å². The molecule has 1 aliphatic heterocycles. The minimum absolute atomic E-state index is 0.171. The third-order valence-electron chi connectivity index (χ3n) is 3.64. The molecule has 7 heteroatoms. The Balaban J connectivity index is 1.87. The van der Waals surface area contributed by atoms with Gasteiger partial charge in [-0.25, -0.2) is 4.79 Å². The predicted molar refractivity (Wildman–Crippen MR) is 86.9 cm³/mol. The molecule has 1 aliphatic rings. The van der Waals surface area contributed by atoms with E-state index in [1.54, 1.807) is 0 Å². The van der Waals surface area contributed by atoms with Gasteiger partial charge >= 0.3 is 5.97 Å². The Kier molecular flexibility index (Phi) is 6.29. The third kappa shape index (κ3) is 4.87. The van der Waals surface area contributed by atoms with Gasteiger partial charge in [0.2, 0.25) is 5.91 Å². The number of hydrogen-bond donors (Lipinski definition) is 2. The van der Waals surface area contributed by atoms with Crippen LogP contribution in [0.1, 0.15) is 19.8 Å². The fourth-order valence-electron chi connectivity index (χ4n) is 2.36. The van der Waals surface area contributed by atoms with Gasteiger partial charge in [0.25, 0.3) is 0 Å². The summed E-state index contributed by atoms with van der Waals surface area (Å²) in [5.74, 6) is -0.328. The summed E-state index contributed by atoms with van der Waals surface area (Å²) in [6, 6.07) is 7.45. The number of carboxylic acid groups (broad SMARTS) is 1. The molecule has 1 saturated heterocycles. The van der Waals surface area contributed by atoms with Gasteiger partial charge in [-0.05, 0) is 31.2 Å². The topological polar surface area (TPSA) is 84.9 Å². The summed E-state index contributed by atoms with van der Waals surface area (Å²) >= 11 is 1.36. The zero-order chi connectivity index (χ0) is 16.7. The van der Waals surface area contributed by atoms with Crippen LogP contribution in [0.25, 0.3) is 0 Å². The van der Waals surface area contributed by atoms with E-state index < -0.39 is 11.5 Å². The van der Waals surface area contributed by atoms with E-state index in [2.05, 4.69) is 5.32 Å². The van der Waals surface area contributed by atoms with Crippen LogP contribution >= 0.6 is 11.8 Å². The SMILES string of the molecule is CCOc1ccc(SCC(=O)NC2(C(=O)O)CCOCC2)cc1. The van der Waals surface area contributed by atoms with Crippen molar-refractivity contribution in [2.45, 2.75) is 30.2 Å². The van der Waals surface area contributed by atoms with Gasteiger partial charge in [0.05, 0.1) is 12.4 Å². The van der Waals surface area contributed by atoms with Crippen molar-refractivity contribution >= 4 is 23.6 Å². The number of amides is 1. The first kappa shape index (κ1) is 17.6. The fraction of sp³-hybridized carbons (Fsp3) is 0.500. The zero-order valence-electron chi connectivity index (χ0n) is 13.0. The summed E-state index contributed by atoms with van der Waals surface area (Å²) in [6.45, 7) is 3.22. The molecule has 1 fully saturated rings. The summed E-state index contributed by atoms with van der Waals surface area (Å²) in [5.41, 5.74) is -1.20. The highest BCUT2D eigenvalue weighted by Gasteiger charge is 2.41. The summed E-state index contributed by atoms with van der Waals surface area (Å²) < 4.78 is 10.5. The molecule has 0 atom stereocenters. The van der Waals surface area contributed by atoms with Crippen LogP contribution in [0.3, 0.4) is 0 Å². The molecule has 2 rings (SSSR count). The molecule has 0 radical (unpaired) electrons. The van der Waals surface area contributed by atoms with Crippen LogP contribution in [-0.4, -0.2) is 48.1 Å². The molecule has 23 heavy (non-hydrogen) atoms. The summed E-state index contributed by atoms with van der Waals surface area (Å²) in [5, 5.41) is 12.1. The van der Waals surface area contributed by atoms with Crippen molar-refractivity contribution in [2.24, 2.45) is 0 Å². The van der Waals surface area contributed by atoms with Gasteiger partial charge in [0.15, 0.2) is 0 Å². The predicted octanol–water partition coefficient (Wildman–Crippen LogP) is 1.93. The number of nitrogens with one attached hydrogen (secondary N) is 1. The molecular weight excluding hydrogens is 318 g/mol. The lowest BCUT2D eigenvalue weighted by atomic mass is 9.90. The molecule has 0 aliphatic carbocycles. The lowest BCUT2D eigenvalue weighted by molar-refractivity contribution is -0.151. The second-order valence-electron chi connectivity index (χ2n) is 5.24. The van der Waals surface area contributed by atoms with Crippen LogP contribution in [-0.2, 0) is 14.3 Å². The van der Waals surface area contributed by atoms with E-state index >= 15 is 0 Å². The Morgan fingerprint density at radius 1 is 1.30 bits per heavy atom. The highest BCUT2D eigenvalue weighted by Crippen LogP contribution is 2.24. The molecule has 0 unspecified atom stereocenters. The van der Waals surface area contributed by atoms with Gasteiger partial charge in [-0.3, -0.25) is 4.79 Å². The Labute approximate surface area is 139 Å². The molecule has 1 aromatic rings. The average molecular weight is 339 g/mol.